The van der Waals surface area contributed by atoms with E-state index in [1.165, 1.54) is 6.07 Å². The Hall–Kier alpha value is -0.930. The topological polar surface area (TPSA) is 29.3 Å². The number of halogens is 1. The van der Waals surface area contributed by atoms with Gasteiger partial charge in [0.2, 0.25) is 0 Å². The predicted molar refractivity (Wildman–Crippen MR) is 70.3 cm³/mol. The summed E-state index contributed by atoms with van der Waals surface area (Å²) >= 11 is 0. The van der Waals surface area contributed by atoms with E-state index in [1.54, 1.807) is 12.1 Å². The minimum absolute atomic E-state index is 0.192. The molecule has 1 atom stereocenters. The van der Waals surface area contributed by atoms with E-state index in [0.717, 1.165) is 12.8 Å². The van der Waals surface area contributed by atoms with Gasteiger partial charge >= 0.3 is 0 Å². The summed E-state index contributed by atoms with van der Waals surface area (Å²) < 4.78 is 13.8. The molecule has 0 bridgehead atoms. The van der Waals surface area contributed by atoms with Crippen LogP contribution >= 0.6 is 0 Å². The van der Waals surface area contributed by atoms with Gasteiger partial charge in [0.1, 0.15) is 5.82 Å². The Labute approximate surface area is 104 Å². The number of nitrogens with two attached hydrogens (primary N) is 1. The Balaban J connectivity index is 3.17. The molecule has 17 heavy (non-hydrogen) atoms. The summed E-state index contributed by atoms with van der Waals surface area (Å²) in [5.74, 6) is -0.215. The second kappa shape index (κ2) is 5.61. The first-order valence-electron chi connectivity index (χ1n) is 6.17. The maximum Gasteiger partial charge on any atom is 0.128 e. The Morgan fingerprint density at radius 1 is 1.24 bits per heavy atom. The molecule has 3 heteroatoms. The normalized spacial score (nSPS) is 14.1. The fourth-order valence-corrected chi connectivity index (χ4v) is 2.62. The molecule has 0 saturated carbocycles. The van der Waals surface area contributed by atoms with Crippen molar-refractivity contribution in [2.24, 2.45) is 5.73 Å². The average Bonchev–Trinajstić information content (AvgIpc) is 2.31. The molecule has 96 valence electrons. The molecule has 0 saturated heterocycles. The van der Waals surface area contributed by atoms with Gasteiger partial charge in [0, 0.05) is 11.1 Å². The summed E-state index contributed by atoms with van der Waals surface area (Å²) in [6.45, 7) is 4.20. The number of likely N-dealkylation sites (N-methyl/N-ethyl adjacent to an activating group) is 1. The van der Waals surface area contributed by atoms with E-state index in [0.29, 0.717) is 5.56 Å². The average molecular weight is 238 g/mol. The van der Waals surface area contributed by atoms with Gasteiger partial charge in [-0.2, -0.15) is 0 Å². The molecule has 0 aliphatic carbocycles. The highest BCUT2D eigenvalue weighted by molar-refractivity contribution is 5.24. The van der Waals surface area contributed by atoms with Gasteiger partial charge in [0.25, 0.3) is 0 Å². The van der Waals surface area contributed by atoms with Gasteiger partial charge in [-0.25, -0.2) is 4.39 Å². The van der Waals surface area contributed by atoms with Crippen LogP contribution in [0.3, 0.4) is 0 Å². The summed E-state index contributed by atoms with van der Waals surface area (Å²) in [6.07, 6.45) is 1.79. The van der Waals surface area contributed by atoms with Gasteiger partial charge in [-0.3, -0.25) is 0 Å². The maximum absolute atomic E-state index is 13.8. The minimum atomic E-state index is -0.311. The SMILES string of the molecule is CCC(CC)(C(N)c1ccccc1F)N(C)C. The molecule has 2 nitrogen and oxygen atoms in total. The molecule has 0 spiro atoms. The number of hydrogen-bond donors (Lipinski definition) is 1. The summed E-state index contributed by atoms with van der Waals surface area (Å²) in [5, 5.41) is 0. The van der Waals surface area contributed by atoms with Crippen molar-refractivity contribution in [2.45, 2.75) is 38.3 Å². The van der Waals surface area contributed by atoms with E-state index in [1.807, 2.05) is 20.2 Å². The van der Waals surface area contributed by atoms with Crippen molar-refractivity contribution < 1.29 is 4.39 Å². The van der Waals surface area contributed by atoms with Crippen molar-refractivity contribution in [2.75, 3.05) is 14.1 Å². The van der Waals surface area contributed by atoms with Crippen LogP contribution in [-0.4, -0.2) is 24.5 Å². The third-order valence-corrected chi connectivity index (χ3v) is 3.93. The molecule has 0 aliphatic rings. The van der Waals surface area contributed by atoms with Crippen LogP contribution in [0.5, 0.6) is 0 Å². The molecule has 1 unspecified atom stereocenters. The zero-order valence-electron chi connectivity index (χ0n) is 11.2. The van der Waals surface area contributed by atoms with Crippen molar-refractivity contribution in [1.29, 1.82) is 0 Å². The maximum atomic E-state index is 13.8. The van der Waals surface area contributed by atoms with Crippen LogP contribution < -0.4 is 5.73 Å². The summed E-state index contributed by atoms with van der Waals surface area (Å²) in [7, 11) is 4.02. The van der Waals surface area contributed by atoms with Crippen LogP contribution in [0.25, 0.3) is 0 Å². The van der Waals surface area contributed by atoms with Crippen LogP contribution in [0.15, 0.2) is 24.3 Å². The van der Waals surface area contributed by atoms with Gasteiger partial charge in [-0.15, -0.1) is 0 Å². The molecule has 0 heterocycles. The first-order chi connectivity index (χ1) is 7.99. The van der Waals surface area contributed by atoms with Crippen LogP contribution in [0.1, 0.15) is 38.3 Å². The first kappa shape index (κ1) is 14.1. The lowest BCUT2D eigenvalue weighted by molar-refractivity contribution is 0.104. The third-order valence-electron chi connectivity index (χ3n) is 3.93. The molecule has 0 aromatic heterocycles. The zero-order chi connectivity index (χ0) is 13.1. The van der Waals surface area contributed by atoms with Crippen molar-refractivity contribution in [3.63, 3.8) is 0 Å². The molecule has 0 amide bonds. The van der Waals surface area contributed by atoms with E-state index in [4.69, 9.17) is 5.73 Å². The second-order valence-electron chi connectivity index (χ2n) is 4.70. The van der Waals surface area contributed by atoms with Crippen molar-refractivity contribution in [3.8, 4) is 0 Å². The van der Waals surface area contributed by atoms with Crippen LogP contribution in [0, 0.1) is 5.82 Å². The van der Waals surface area contributed by atoms with E-state index < -0.39 is 0 Å². The highest BCUT2D eigenvalue weighted by atomic mass is 19.1. The standard InChI is InChI=1S/C14H23FN2/c1-5-14(6-2,17(3)4)13(16)11-9-7-8-10-12(11)15/h7-10,13H,5-6,16H2,1-4H3. The summed E-state index contributed by atoms with van der Waals surface area (Å²) in [4.78, 5) is 2.12. The van der Waals surface area contributed by atoms with Crippen LogP contribution in [0.2, 0.25) is 0 Å². The van der Waals surface area contributed by atoms with E-state index in [9.17, 15) is 4.39 Å². The fourth-order valence-electron chi connectivity index (χ4n) is 2.62. The fraction of sp³-hybridized carbons (Fsp3) is 0.571. The van der Waals surface area contributed by atoms with Gasteiger partial charge in [0.05, 0.1) is 6.04 Å². The molecular weight excluding hydrogens is 215 g/mol. The van der Waals surface area contributed by atoms with E-state index in [-0.39, 0.29) is 17.4 Å². The van der Waals surface area contributed by atoms with Gasteiger partial charge in [-0.1, -0.05) is 32.0 Å². The van der Waals surface area contributed by atoms with Gasteiger partial charge < -0.3 is 10.6 Å². The molecule has 0 radical (unpaired) electrons. The van der Waals surface area contributed by atoms with E-state index in [2.05, 4.69) is 18.7 Å². The molecule has 1 rings (SSSR count). The highest BCUT2D eigenvalue weighted by Crippen LogP contribution is 2.34. The monoisotopic (exact) mass is 238 g/mol. The second-order valence-corrected chi connectivity index (χ2v) is 4.70. The Morgan fingerprint density at radius 2 is 1.76 bits per heavy atom. The lowest BCUT2D eigenvalue weighted by Crippen LogP contribution is -2.51. The number of rotatable bonds is 5. The smallest absolute Gasteiger partial charge is 0.128 e. The molecule has 1 aromatic carbocycles. The third kappa shape index (κ3) is 2.50. The molecule has 0 aliphatic heterocycles. The van der Waals surface area contributed by atoms with Crippen LogP contribution in [0.4, 0.5) is 4.39 Å². The minimum Gasteiger partial charge on any atom is -0.322 e. The summed E-state index contributed by atoms with van der Waals surface area (Å²) in [6, 6.07) is 6.48. The first-order valence-corrected chi connectivity index (χ1v) is 6.17. The highest BCUT2D eigenvalue weighted by Gasteiger charge is 2.37. The Morgan fingerprint density at radius 3 is 2.18 bits per heavy atom. The number of hydrogen-bond acceptors (Lipinski definition) is 2. The van der Waals surface area contributed by atoms with Crippen molar-refractivity contribution >= 4 is 0 Å². The molecule has 0 fully saturated rings. The van der Waals surface area contributed by atoms with Crippen molar-refractivity contribution in [3.05, 3.63) is 35.6 Å². The van der Waals surface area contributed by atoms with Gasteiger partial charge in [0.15, 0.2) is 0 Å². The summed E-state index contributed by atoms with van der Waals surface area (Å²) in [5.41, 5.74) is 6.72. The zero-order valence-corrected chi connectivity index (χ0v) is 11.2. The molecule has 1 aromatic rings. The van der Waals surface area contributed by atoms with Crippen molar-refractivity contribution in [1.82, 2.24) is 4.90 Å². The predicted octanol–water partition coefficient (Wildman–Crippen LogP) is 2.95. The number of nitrogens with zero attached hydrogens (tertiary/aromatic N) is 1. The lowest BCUT2D eigenvalue weighted by Gasteiger charge is -2.43. The Kier molecular flexibility index (Phi) is 4.66. The van der Waals surface area contributed by atoms with Crippen LogP contribution in [-0.2, 0) is 0 Å². The van der Waals surface area contributed by atoms with Gasteiger partial charge in [-0.05, 0) is 33.0 Å². The Bertz CT molecular complexity index is 359. The van der Waals surface area contributed by atoms with E-state index >= 15 is 0 Å². The number of benzene rings is 1. The molecule has 2 N–H and O–H groups in total. The lowest BCUT2D eigenvalue weighted by atomic mass is 9.80. The largest absolute Gasteiger partial charge is 0.322 e. The molecular formula is C14H23FN2. The quantitative estimate of drug-likeness (QED) is 0.854.